The zero-order valence-electron chi connectivity index (χ0n) is 16.5. The van der Waals surface area contributed by atoms with Gasteiger partial charge in [0.2, 0.25) is 0 Å². The monoisotopic (exact) mass is 466 g/mol. The molecule has 0 aliphatic carbocycles. The van der Waals surface area contributed by atoms with Crippen molar-refractivity contribution in [3.63, 3.8) is 0 Å². The number of H-pyrrole nitrogens is 1. The number of anilines is 1. The predicted octanol–water partition coefficient (Wildman–Crippen LogP) is 4.38. The molecule has 32 heavy (non-hydrogen) atoms. The van der Waals surface area contributed by atoms with Gasteiger partial charge in [0.05, 0.1) is 22.4 Å². The second-order valence-corrected chi connectivity index (χ2v) is 7.95. The van der Waals surface area contributed by atoms with Crippen LogP contribution in [0.5, 0.6) is 0 Å². The van der Waals surface area contributed by atoms with Gasteiger partial charge in [0.1, 0.15) is 24.3 Å². The number of thiophene rings is 1. The van der Waals surface area contributed by atoms with Crippen molar-refractivity contribution in [3.8, 4) is 27.2 Å². The number of aliphatic hydroxyl groups is 1. The number of aromatic amines is 1. The van der Waals surface area contributed by atoms with Crippen molar-refractivity contribution in [2.24, 2.45) is 0 Å². The number of nitriles is 1. The number of amides is 1. The van der Waals surface area contributed by atoms with Gasteiger partial charge >= 0.3 is 6.09 Å². The number of hydrogen-bond donors (Lipinski definition) is 3. The Balaban J connectivity index is 1.88. The fourth-order valence-electron chi connectivity index (χ4n) is 3.12. The van der Waals surface area contributed by atoms with Gasteiger partial charge in [-0.1, -0.05) is 23.7 Å². The van der Waals surface area contributed by atoms with E-state index in [1.54, 1.807) is 36.4 Å². The summed E-state index contributed by atoms with van der Waals surface area (Å²) >= 11 is 7.25. The summed E-state index contributed by atoms with van der Waals surface area (Å²) in [4.78, 5) is 21.0. The number of nitrogens with zero attached hydrogens (tertiary/aromatic N) is 4. The number of rotatable bonds is 5. The molecule has 0 aliphatic heterocycles. The summed E-state index contributed by atoms with van der Waals surface area (Å²) in [5.41, 5.74) is 1.87. The number of ether oxygens (including phenoxy) is 1. The van der Waals surface area contributed by atoms with Crippen LogP contribution >= 0.6 is 22.9 Å². The summed E-state index contributed by atoms with van der Waals surface area (Å²) in [5, 5.41) is 31.0. The average Bonchev–Trinajstić information content (AvgIpc) is 3.47. The van der Waals surface area contributed by atoms with E-state index in [1.807, 2.05) is 0 Å². The first kappa shape index (κ1) is 21.5. The number of aromatic nitrogens is 4. The Kier molecular flexibility index (Phi) is 6.13. The fraction of sp³-hybridized carbons (Fsp3) is 0.0952. The van der Waals surface area contributed by atoms with Gasteiger partial charge in [0.15, 0.2) is 5.82 Å². The van der Waals surface area contributed by atoms with Crippen LogP contribution in [0.1, 0.15) is 22.8 Å². The van der Waals surface area contributed by atoms with E-state index in [4.69, 9.17) is 11.6 Å². The number of halogens is 1. The van der Waals surface area contributed by atoms with Gasteiger partial charge in [0, 0.05) is 16.8 Å². The van der Waals surface area contributed by atoms with Gasteiger partial charge < -0.3 is 9.84 Å². The molecule has 0 saturated heterocycles. The molecule has 0 fully saturated rings. The first-order valence-electron chi connectivity index (χ1n) is 9.19. The van der Waals surface area contributed by atoms with Crippen LogP contribution in [0.3, 0.4) is 0 Å². The minimum absolute atomic E-state index is 0.257. The van der Waals surface area contributed by atoms with Crippen molar-refractivity contribution in [2.45, 2.75) is 6.10 Å². The Morgan fingerprint density at radius 3 is 2.72 bits per heavy atom. The van der Waals surface area contributed by atoms with Gasteiger partial charge in [-0.2, -0.15) is 10.4 Å². The van der Waals surface area contributed by atoms with Crippen molar-refractivity contribution in [1.82, 2.24) is 20.2 Å². The van der Waals surface area contributed by atoms with E-state index in [1.165, 1.54) is 31.0 Å². The van der Waals surface area contributed by atoms with Gasteiger partial charge in [0.25, 0.3) is 0 Å². The van der Waals surface area contributed by atoms with Crippen LogP contribution in [-0.2, 0) is 4.74 Å². The molecule has 1 unspecified atom stereocenters. The molecule has 0 spiro atoms. The van der Waals surface area contributed by atoms with Crippen LogP contribution in [0, 0.1) is 11.3 Å². The number of aliphatic hydroxyl groups excluding tert-OH is 1. The molecule has 4 aromatic rings. The lowest BCUT2D eigenvalue weighted by Crippen LogP contribution is -2.11. The number of pyridine rings is 1. The lowest BCUT2D eigenvalue weighted by atomic mass is 9.96. The summed E-state index contributed by atoms with van der Waals surface area (Å²) in [6.45, 7) is 0. The molecular weight excluding hydrogens is 452 g/mol. The third kappa shape index (κ3) is 4.17. The number of carbonyl (C=O) groups is 1. The largest absolute Gasteiger partial charge is 0.453 e. The minimum Gasteiger partial charge on any atom is -0.453 e. The Morgan fingerprint density at radius 2 is 2.06 bits per heavy atom. The highest BCUT2D eigenvalue weighted by Gasteiger charge is 2.28. The molecule has 0 bridgehead atoms. The van der Waals surface area contributed by atoms with Crippen molar-refractivity contribution < 1.29 is 14.6 Å². The van der Waals surface area contributed by atoms with E-state index in [9.17, 15) is 15.2 Å². The van der Waals surface area contributed by atoms with E-state index in [0.717, 1.165) is 0 Å². The van der Waals surface area contributed by atoms with Crippen molar-refractivity contribution >= 4 is 34.8 Å². The predicted molar refractivity (Wildman–Crippen MR) is 119 cm³/mol. The van der Waals surface area contributed by atoms with Crippen LogP contribution in [0.15, 0.2) is 48.9 Å². The standard InChI is InChI=1S/C21H15ClN6O3S/c1-31-21(30)27-15-8-12(6-7-24-15)18-14(9-23)16(19(32-18)20-25-10-26-28-20)17(29)11-2-4-13(22)5-3-11/h2-8,10,17,29H,1H3,(H,24,27,30)(H,25,26,28). The Labute approximate surface area is 191 Å². The lowest BCUT2D eigenvalue weighted by Gasteiger charge is -2.13. The number of benzene rings is 1. The SMILES string of the molecule is COC(=O)Nc1cc(-c2sc(-c3ncn[nH]3)c(C(O)c3ccc(Cl)cc3)c2C#N)ccn1. The summed E-state index contributed by atoms with van der Waals surface area (Å²) in [7, 11) is 1.25. The van der Waals surface area contributed by atoms with Crippen LogP contribution in [-0.4, -0.2) is 38.5 Å². The van der Waals surface area contributed by atoms with Crippen molar-refractivity contribution in [1.29, 1.82) is 5.26 Å². The van der Waals surface area contributed by atoms with Crippen LogP contribution in [0.2, 0.25) is 5.02 Å². The maximum Gasteiger partial charge on any atom is 0.412 e. The molecule has 11 heteroatoms. The highest BCUT2D eigenvalue weighted by Crippen LogP contribution is 2.45. The molecule has 3 aromatic heterocycles. The molecule has 9 nitrogen and oxygen atoms in total. The maximum absolute atomic E-state index is 11.6. The maximum atomic E-state index is 11.6. The van der Waals surface area contributed by atoms with Gasteiger partial charge in [-0.05, 0) is 35.4 Å². The summed E-state index contributed by atoms with van der Waals surface area (Å²) in [6.07, 6.45) is 1.08. The van der Waals surface area contributed by atoms with Crippen LogP contribution < -0.4 is 5.32 Å². The van der Waals surface area contributed by atoms with Crippen molar-refractivity contribution in [2.75, 3.05) is 12.4 Å². The molecule has 0 radical (unpaired) electrons. The third-order valence-electron chi connectivity index (χ3n) is 4.58. The molecule has 0 saturated carbocycles. The summed E-state index contributed by atoms with van der Waals surface area (Å²) in [6, 6.07) is 12.3. The third-order valence-corrected chi connectivity index (χ3v) is 6.10. The summed E-state index contributed by atoms with van der Waals surface area (Å²) < 4.78 is 4.60. The second kappa shape index (κ2) is 9.15. The number of carbonyl (C=O) groups excluding carboxylic acids is 1. The molecule has 1 amide bonds. The minimum atomic E-state index is -1.11. The van der Waals surface area contributed by atoms with E-state index in [0.29, 0.717) is 37.3 Å². The normalized spacial score (nSPS) is 11.6. The average molecular weight is 467 g/mol. The second-order valence-electron chi connectivity index (χ2n) is 6.50. The molecule has 1 aromatic carbocycles. The Bertz CT molecular complexity index is 1300. The number of hydrogen-bond acceptors (Lipinski definition) is 8. The molecular formula is C21H15ClN6O3S. The van der Waals surface area contributed by atoms with Crippen molar-refractivity contribution in [3.05, 3.63) is 70.6 Å². The molecule has 1 atom stereocenters. The lowest BCUT2D eigenvalue weighted by molar-refractivity contribution is 0.187. The first-order chi connectivity index (χ1) is 15.5. The highest BCUT2D eigenvalue weighted by molar-refractivity contribution is 7.19. The van der Waals surface area contributed by atoms with E-state index in [-0.39, 0.29) is 11.4 Å². The molecule has 3 N–H and O–H groups in total. The molecule has 160 valence electrons. The zero-order valence-corrected chi connectivity index (χ0v) is 18.1. The van der Waals surface area contributed by atoms with Gasteiger partial charge in [-0.3, -0.25) is 10.4 Å². The highest BCUT2D eigenvalue weighted by atomic mass is 35.5. The molecule has 0 aliphatic rings. The van der Waals surface area contributed by atoms with E-state index in [2.05, 4.69) is 36.3 Å². The number of nitrogens with one attached hydrogen (secondary N) is 2. The van der Waals surface area contributed by atoms with Crippen LogP contribution in [0.4, 0.5) is 10.6 Å². The topological polar surface area (TPSA) is 137 Å². The van der Waals surface area contributed by atoms with E-state index >= 15 is 0 Å². The van der Waals surface area contributed by atoms with Gasteiger partial charge in [-0.25, -0.2) is 14.8 Å². The van der Waals surface area contributed by atoms with Crippen LogP contribution in [0.25, 0.3) is 21.1 Å². The zero-order chi connectivity index (χ0) is 22.7. The van der Waals surface area contributed by atoms with E-state index < -0.39 is 12.2 Å². The summed E-state index contributed by atoms with van der Waals surface area (Å²) in [5.74, 6) is 0.676. The molecule has 3 heterocycles. The quantitative estimate of drug-likeness (QED) is 0.397. The smallest absolute Gasteiger partial charge is 0.412 e. The fourth-order valence-corrected chi connectivity index (χ4v) is 4.47. The Hall–Kier alpha value is -3.78. The van der Waals surface area contributed by atoms with Gasteiger partial charge in [-0.15, -0.1) is 11.3 Å². The Morgan fingerprint density at radius 1 is 1.28 bits per heavy atom. The first-order valence-corrected chi connectivity index (χ1v) is 10.4. The molecule has 4 rings (SSSR count). The number of methoxy groups -OCH3 is 1.